The van der Waals surface area contributed by atoms with E-state index in [0.29, 0.717) is 0 Å². The van der Waals surface area contributed by atoms with E-state index in [-0.39, 0.29) is 0 Å². The Balaban J connectivity index is 2.66. The summed E-state index contributed by atoms with van der Waals surface area (Å²) in [7, 11) is 0. The summed E-state index contributed by atoms with van der Waals surface area (Å²) in [6.07, 6.45) is 2.09. The van der Waals surface area contributed by atoms with Crippen LogP contribution in [0.2, 0.25) is 0 Å². The fourth-order valence-electron chi connectivity index (χ4n) is 1.33. The molecule has 0 saturated carbocycles. The Morgan fingerprint density at radius 3 is 2.93 bits per heavy atom. The molecule has 0 bridgehead atoms. The second-order valence-corrected chi connectivity index (χ2v) is 6.04. The van der Waals surface area contributed by atoms with E-state index in [2.05, 4.69) is 53.0 Å². The molecule has 0 saturated heterocycles. The molecule has 74 valence electrons. The van der Waals surface area contributed by atoms with Crippen LogP contribution in [0.25, 0.3) is 10.1 Å². The molecule has 2 rings (SSSR count). The zero-order valence-corrected chi connectivity index (χ0v) is 11.7. The molecule has 1 heterocycles. The summed E-state index contributed by atoms with van der Waals surface area (Å²) in [5.74, 6) is 0. The normalized spacial score (nSPS) is 11.1. The minimum atomic E-state index is 0.914. The highest BCUT2D eigenvalue weighted by molar-refractivity contribution is 9.08. The molecule has 0 radical (unpaired) electrons. The summed E-state index contributed by atoms with van der Waals surface area (Å²) in [5, 5.41) is 2.18. The Hall–Kier alpha value is 0.360. The van der Waals surface area contributed by atoms with Gasteiger partial charge in [0.2, 0.25) is 0 Å². The van der Waals surface area contributed by atoms with Crippen molar-refractivity contribution in [3.63, 3.8) is 0 Å². The molecule has 0 aliphatic rings. The van der Waals surface area contributed by atoms with Crippen molar-refractivity contribution in [1.29, 1.82) is 0 Å². The van der Waals surface area contributed by atoms with Gasteiger partial charge in [-0.3, -0.25) is 0 Å². The Labute approximate surface area is 106 Å². The molecule has 1 aromatic heterocycles. The molecule has 0 unspecified atom stereocenters. The van der Waals surface area contributed by atoms with E-state index < -0.39 is 0 Å². The smallest absolute Gasteiger partial charge is 0.0742 e. The maximum absolute atomic E-state index is 4.54. The number of halogens is 1. The van der Waals surface area contributed by atoms with E-state index in [0.717, 1.165) is 10.2 Å². The van der Waals surface area contributed by atoms with Gasteiger partial charge in [0.25, 0.3) is 0 Å². The largest absolute Gasteiger partial charge is 0.141 e. The van der Waals surface area contributed by atoms with Crippen molar-refractivity contribution in [2.24, 2.45) is 0 Å². The monoisotopic (exact) mass is 304 g/mol. The van der Waals surface area contributed by atoms with Crippen molar-refractivity contribution in [2.45, 2.75) is 14.4 Å². The van der Waals surface area contributed by atoms with Crippen LogP contribution in [0, 0.1) is 0 Å². The van der Waals surface area contributed by atoms with Gasteiger partial charge in [-0.2, -0.15) is 0 Å². The molecule has 14 heavy (non-hydrogen) atoms. The summed E-state index contributed by atoms with van der Waals surface area (Å²) < 4.78 is 2.63. The molecule has 0 atom stereocenters. The molecule has 0 amide bonds. The highest BCUT2D eigenvalue weighted by Crippen LogP contribution is 2.39. The number of hydrogen-bond donors (Lipinski definition) is 1. The van der Waals surface area contributed by atoms with Gasteiger partial charge >= 0.3 is 0 Å². The van der Waals surface area contributed by atoms with E-state index in [4.69, 9.17) is 0 Å². The van der Waals surface area contributed by atoms with Crippen LogP contribution in [0.15, 0.2) is 27.3 Å². The lowest BCUT2D eigenvalue weighted by Gasteiger charge is -1.95. The lowest BCUT2D eigenvalue weighted by molar-refractivity contribution is 1.44. The Kier molecular flexibility index (Phi) is 3.47. The lowest BCUT2D eigenvalue weighted by atomic mass is 10.2. The molecule has 0 aliphatic carbocycles. The van der Waals surface area contributed by atoms with E-state index in [1.165, 1.54) is 19.9 Å². The molecule has 1 aromatic carbocycles. The van der Waals surface area contributed by atoms with E-state index >= 15 is 0 Å². The molecule has 0 spiro atoms. The van der Waals surface area contributed by atoms with Crippen LogP contribution >= 0.6 is 51.7 Å². The third-order valence-electron chi connectivity index (χ3n) is 2.04. The highest BCUT2D eigenvalue weighted by Gasteiger charge is 2.08. The average Bonchev–Trinajstić information content (AvgIpc) is 2.55. The van der Waals surface area contributed by atoms with Crippen LogP contribution in [0.1, 0.15) is 5.56 Å². The first-order valence-corrected chi connectivity index (χ1v) is 7.71. The maximum atomic E-state index is 4.54. The number of alkyl halides is 1. The predicted molar refractivity (Wildman–Crippen MR) is 73.5 cm³/mol. The summed E-state index contributed by atoms with van der Waals surface area (Å²) in [6.45, 7) is 0. The van der Waals surface area contributed by atoms with Crippen LogP contribution in [0.5, 0.6) is 0 Å². The number of thioether (sulfide) groups is 1. The Morgan fingerprint density at radius 2 is 2.29 bits per heavy atom. The van der Waals surface area contributed by atoms with Gasteiger partial charge < -0.3 is 0 Å². The van der Waals surface area contributed by atoms with Gasteiger partial charge in [-0.05, 0) is 17.9 Å². The van der Waals surface area contributed by atoms with Crippen molar-refractivity contribution in [3.05, 3.63) is 23.8 Å². The van der Waals surface area contributed by atoms with Gasteiger partial charge in [-0.1, -0.05) is 28.1 Å². The van der Waals surface area contributed by atoms with Crippen molar-refractivity contribution in [1.82, 2.24) is 0 Å². The molecule has 0 fully saturated rings. The number of thiol groups is 1. The average molecular weight is 305 g/mol. The van der Waals surface area contributed by atoms with Crippen LogP contribution in [-0.4, -0.2) is 6.26 Å². The number of fused-ring (bicyclic) bond motifs is 1. The minimum Gasteiger partial charge on any atom is -0.141 e. The quantitative estimate of drug-likeness (QED) is 0.472. The minimum absolute atomic E-state index is 0.914. The van der Waals surface area contributed by atoms with Gasteiger partial charge in [0.15, 0.2) is 0 Å². The van der Waals surface area contributed by atoms with Crippen molar-refractivity contribution in [2.75, 3.05) is 6.26 Å². The second kappa shape index (κ2) is 4.47. The van der Waals surface area contributed by atoms with E-state index in [9.17, 15) is 0 Å². The molecule has 0 aliphatic heterocycles. The topological polar surface area (TPSA) is 0 Å². The first-order valence-electron chi connectivity index (χ1n) is 4.10. The Bertz CT molecular complexity index is 462. The van der Waals surface area contributed by atoms with Crippen LogP contribution < -0.4 is 0 Å². The molecule has 4 heteroatoms. The third kappa shape index (κ3) is 1.85. The SMILES string of the molecule is CSc1sc2cc(CBr)ccc2c1S. The van der Waals surface area contributed by atoms with Crippen LogP contribution in [-0.2, 0) is 5.33 Å². The first kappa shape index (κ1) is 10.9. The standard InChI is InChI=1S/C10H9BrS3/c1-13-10-9(12)7-3-2-6(5-11)4-8(7)14-10/h2-4,12H,5H2,1H3. The van der Waals surface area contributed by atoms with Gasteiger partial charge in [0.1, 0.15) is 0 Å². The van der Waals surface area contributed by atoms with Crippen LogP contribution in [0.3, 0.4) is 0 Å². The number of hydrogen-bond acceptors (Lipinski definition) is 3. The predicted octanol–water partition coefficient (Wildman–Crippen LogP) is 4.81. The summed E-state index contributed by atoms with van der Waals surface area (Å²) in [4.78, 5) is 1.12. The number of thiophene rings is 1. The summed E-state index contributed by atoms with van der Waals surface area (Å²) in [6, 6.07) is 6.53. The summed E-state index contributed by atoms with van der Waals surface area (Å²) >= 11 is 11.6. The maximum Gasteiger partial charge on any atom is 0.0742 e. The molecule has 0 nitrogen and oxygen atoms in total. The number of benzene rings is 1. The van der Waals surface area contributed by atoms with E-state index in [1.54, 1.807) is 11.8 Å². The van der Waals surface area contributed by atoms with Crippen molar-refractivity contribution >= 4 is 61.7 Å². The van der Waals surface area contributed by atoms with Gasteiger partial charge in [0, 0.05) is 20.3 Å². The fourth-order valence-corrected chi connectivity index (χ4v) is 4.16. The van der Waals surface area contributed by atoms with Gasteiger partial charge in [-0.25, -0.2) is 0 Å². The molecule has 0 N–H and O–H groups in total. The molecule has 2 aromatic rings. The second-order valence-electron chi connectivity index (χ2n) is 2.91. The molecular formula is C10H9BrS3. The number of rotatable bonds is 2. The highest BCUT2D eigenvalue weighted by atomic mass is 79.9. The Morgan fingerprint density at radius 1 is 1.50 bits per heavy atom. The first-order chi connectivity index (χ1) is 6.76. The summed E-state index contributed by atoms with van der Waals surface area (Å²) in [5.41, 5.74) is 1.32. The zero-order chi connectivity index (χ0) is 10.1. The van der Waals surface area contributed by atoms with E-state index in [1.807, 2.05) is 11.3 Å². The zero-order valence-electron chi connectivity index (χ0n) is 7.58. The van der Waals surface area contributed by atoms with Crippen LogP contribution in [0.4, 0.5) is 0 Å². The van der Waals surface area contributed by atoms with Gasteiger partial charge in [-0.15, -0.1) is 35.7 Å². The van der Waals surface area contributed by atoms with Crippen molar-refractivity contribution < 1.29 is 0 Å². The fraction of sp³-hybridized carbons (Fsp3) is 0.200. The lowest BCUT2D eigenvalue weighted by Crippen LogP contribution is -1.74. The third-order valence-corrected chi connectivity index (χ3v) is 5.72. The molecular weight excluding hydrogens is 296 g/mol. The van der Waals surface area contributed by atoms with Crippen molar-refractivity contribution in [3.8, 4) is 0 Å². The van der Waals surface area contributed by atoms with Gasteiger partial charge in [0.05, 0.1) is 4.21 Å².